The second kappa shape index (κ2) is 5.27. The Morgan fingerprint density at radius 2 is 1.95 bits per heavy atom. The highest BCUT2D eigenvalue weighted by atomic mass is 35.5. The fourth-order valence-electron chi connectivity index (χ4n) is 1.61. The summed E-state index contributed by atoms with van der Waals surface area (Å²) in [5.74, 6) is -0.120. The van der Waals surface area contributed by atoms with E-state index in [1.807, 2.05) is 0 Å². The molecule has 0 N–H and O–H groups in total. The van der Waals surface area contributed by atoms with Gasteiger partial charge in [0.05, 0.1) is 0 Å². The molecule has 0 radical (unpaired) electrons. The monoisotopic (exact) mass is 298 g/mol. The Morgan fingerprint density at radius 3 is 2.58 bits per heavy atom. The van der Waals surface area contributed by atoms with Gasteiger partial charge in [0.25, 0.3) is 0 Å². The van der Waals surface area contributed by atoms with Gasteiger partial charge in [0.2, 0.25) is 0 Å². The molecule has 0 unspecified atom stereocenters. The average molecular weight is 299 g/mol. The Bertz CT molecular complexity index is 731. The maximum Gasteiger partial charge on any atom is 0.163 e. The van der Waals surface area contributed by atoms with Crippen molar-refractivity contribution in [3.8, 4) is 11.1 Å². The highest BCUT2D eigenvalue weighted by Gasteiger charge is 2.08. The molecule has 1 heterocycles. The molecule has 2 rings (SSSR count). The largest absolute Gasteiger partial charge is 0.250 e. The molecular formula is C13H12ClFN2OS. The van der Waals surface area contributed by atoms with E-state index in [2.05, 4.69) is 9.35 Å². The molecule has 0 aliphatic rings. The Morgan fingerprint density at radius 1 is 1.26 bits per heavy atom. The van der Waals surface area contributed by atoms with Gasteiger partial charge in [-0.1, -0.05) is 29.8 Å². The zero-order valence-corrected chi connectivity index (χ0v) is 12.0. The first kappa shape index (κ1) is 14.0. The van der Waals surface area contributed by atoms with Crippen LogP contribution in [0.15, 0.2) is 40.8 Å². The zero-order valence-electron chi connectivity index (χ0n) is 10.4. The molecule has 0 aliphatic carbocycles. The van der Waals surface area contributed by atoms with Crippen LogP contribution in [-0.4, -0.2) is 21.7 Å². The highest BCUT2D eigenvalue weighted by Crippen LogP contribution is 2.28. The standard InChI is InChI=1S/C13H12ClFN2OS/c1-19(2,18)17-13-8-9(7-12(14)16-13)10-5-3-4-6-11(10)15/h3-8H,1-2H3. The molecule has 2 aromatic rings. The smallest absolute Gasteiger partial charge is 0.163 e. The van der Waals surface area contributed by atoms with Gasteiger partial charge >= 0.3 is 0 Å². The summed E-state index contributed by atoms with van der Waals surface area (Å²) in [5, 5.41) is 0.183. The summed E-state index contributed by atoms with van der Waals surface area (Å²) in [6, 6.07) is 9.45. The van der Waals surface area contributed by atoms with E-state index in [1.54, 1.807) is 30.3 Å². The summed E-state index contributed by atoms with van der Waals surface area (Å²) >= 11 is 5.89. The van der Waals surface area contributed by atoms with Crippen molar-refractivity contribution in [3.63, 3.8) is 0 Å². The zero-order chi connectivity index (χ0) is 14.0. The minimum absolute atomic E-state index is 0.183. The Balaban J connectivity index is 2.61. The number of pyridine rings is 1. The molecular weight excluding hydrogens is 287 g/mol. The first-order valence-electron chi connectivity index (χ1n) is 5.45. The van der Waals surface area contributed by atoms with Crippen LogP contribution < -0.4 is 0 Å². The SMILES string of the molecule is CS(C)(=O)=Nc1cc(-c2ccccc2F)cc(Cl)n1. The predicted octanol–water partition coefficient (Wildman–Crippen LogP) is 3.90. The molecule has 0 amide bonds. The molecule has 19 heavy (non-hydrogen) atoms. The van der Waals surface area contributed by atoms with Gasteiger partial charge in [0.1, 0.15) is 11.0 Å². The molecule has 0 saturated carbocycles. The van der Waals surface area contributed by atoms with Crippen molar-refractivity contribution in [2.45, 2.75) is 0 Å². The summed E-state index contributed by atoms with van der Waals surface area (Å²) in [7, 11) is -2.34. The topological polar surface area (TPSA) is 42.3 Å². The number of hydrogen-bond donors (Lipinski definition) is 0. The van der Waals surface area contributed by atoms with Gasteiger partial charge in [-0.25, -0.2) is 13.6 Å². The quantitative estimate of drug-likeness (QED) is 0.789. The number of halogens is 2. The maximum atomic E-state index is 13.7. The van der Waals surface area contributed by atoms with E-state index in [0.29, 0.717) is 11.1 Å². The summed E-state index contributed by atoms with van der Waals surface area (Å²) in [4.78, 5) is 3.97. The van der Waals surface area contributed by atoms with E-state index >= 15 is 0 Å². The van der Waals surface area contributed by atoms with E-state index in [0.717, 1.165) is 0 Å². The molecule has 0 saturated heterocycles. The van der Waals surface area contributed by atoms with Crippen LogP contribution in [0, 0.1) is 5.82 Å². The van der Waals surface area contributed by atoms with Gasteiger partial charge in [-0.15, -0.1) is 0 Å². The molecule has 100 valence electrons. The van der Waals surface area contributed by atoms with Crippen molar-refractivity contribution in [3.05, 3.63) is 47.4 Å². The molecule has 3 nitrogen and oxygen atoms in total. The van der Waals surface area contributed by atoms with E-state index in [4.69, 9.17) is 11.6 Å². The second-order valence-corrected chi connectivity index (χ2v) is 7.22. The minimum Gasteiger partial charge on any atom is -0.250 e. The lowest BCUT2D eigenvalue weighted by molar-refractivity contribution is 0.631. The van der Waals surface area contributed by atoms with Crippen LogP contribution in [0.2, 0.25) is 5.15 Å². The van der Waals surface area contributed by atoms with Gasteiger partial charge in [-0.05, 0) is 23.8 Å². The van der Waals surface area contributed by atoms with Crippen molar-refractivity contribution in [2.24, 2.45) is 4.36 Å². The van der Waals surface area contributed by atoms with Gasteiger partial charge in [0.15, 0.2) is 5.82 Å². The molecule has 6 heteroatoms. The molecule has 0 fully saturated rings. The van der Waals surface area contributed by atoms with Crippen LogP contribution in [-0.2, 0) is 9.73 Å². The third-order valence-corrected chi connectivity index (χ3v) is 3.10. The Kier molecular flexibility index (Phi) is 3.87. The summed E-state index contributed by atoms with van der Waals surface area (Å²) in [6.45, 7) is 0. The first-order valence-corrected chi connectivity index (χ1v) is 8.16. The average Bonchev–Trinajstić information content (AvgIpc) is 2.26. The van der Waals surface area contributed by atoms with Crippen LogP contribution in [0.25, 0.3) is 11.1 Å². The van der Waals surface area contributed by atoms with Crippen molar-refractivity contribution in [2.75, 3.05) is 12.5 Å². The lowest BCUT2D eigenvalue weighted by atomic mass is 10.1. The number of hydrogen-bond acceptors (Lipinski definition) is 3. The first-order chi connectivity index (χ1) is 8.85. The Hall–Kier alpha value is -1.46. The third-order valence-electron chi connectivity index (χ3n) is 2.28. The second-order valence-electron chi connectivity index (χ2n) is 4.29. The van der Waals surface area contributed by atoms with Gasteiger partial charge < -0.3 is 0 Å². The summed E-state index contributed by atoms with van der Waals surface area (Å²) in [5.41, 5.74) is 0.961. The number of aromatic nitrogens is 1. The van der Waals surface area contributed by atoms with Crippen molar-refractivity contribution in [1.82, 2.24) is 4.98 Å². The van der Waals surface area contributed by atoms with Gasteiger partial charge in [0, 0.05) is 27.8 Å². The molecule has 1 aromatic heterocycles. The van der Waals surface area contributed by atoms with Crippen molar-refractivity contribution in [1.29, 1.82) is 0 Å². The van der Waals surface area contributed by atoms with Crippen LogP contribution in [0.4, 0.5) is 10.2 Å². The summed E-state index contributed by atoms with van der Waals surface area (Å²) < 4.78 is 29.4. The lowest BCUT2D eigenvalue weighted by Gasteiger charge is -2.05. The van der Waals surface area contributed by atoms with E-state index in [1.165, 1.54) is 18.6 Å². The third kappa shape index (κ3) is 3.75. The molecule has 1 aromatic carbocycles. The van der Waals surface area contributed by atoms with Crippen LogP contribution in [0.1, 0.15) is 0 Å². The number of nitrogens with zero attached hydrogens (tertiary/aromatic N) is 2. The highest BCUT2D eigenvalue weighted by molar-refractivity contribution is 7.92. The fraction of sp³-hybridized carbons (Fsp3) is 0.154. The van der Waals surface area contributed by atoms with E-state index in [9.17, 15) is 8.60 Å². The van der Waals surface area contributed by atoms with E-state index in [-0.39, 0.29) is 16.8 Å². The normalized spacial score (nSPS) is 11.4. The molecule has 0 bridgehead atoms. The van der Waals surface area contributed by atoms with E-state index < -0.39 is 9.73 Å². The van der Waals surface area contributed by atoms with Gasteiger partial charge in [-0.2, -0.15) is 4.36 Å². The Labute approximate surface area is 116 Å². The van der Waals surface area contributed by atoms with Crippen LogP contribution >= 0.6 is 11.6 Å². The fourth-order valence-corrected chi connectivity index (χ4v) is 2.35. The maximum absolute atomic E-state index is 13.7. The molecule has 0 atom stereocenters. The lowest BCUT2D eigenvalue weighted by Crippen LogP contribution is -1.91. The van der Waals surface area contributed by atoms with Crippen LogP contribution in [0.3, 0.4) is 0 Å². The predicted molar refractivity (Wildman–Crippen MR) is 76.7 cm³/mol. The van der Waals surface area contributed by atoms with Crippen LogP contribution in [0.5, 0.6) is 0 Å². The van der Waals surface area contributed by atoms with Gasteiger partial charge in [-0.3, -0.25) is 0 Å². The van der Waals surface area contributed by atoms with Crippen molar-refractivity contribution >= 4 is 27.1 Å². The number of benzene rings is 1. The molecule has 0 aliphatic heterocycles. The minimum atomic E-state index is -2.34. The molecule has 0 spiro atoms. The number of rotatable bonds is 2. The van der Waals surface area contributed by atoms with Crippen molar-refractivity contribution < 1.29 is 8.60 Å². The summed E-state index contributed by atoms with van der Waals surface area (Å²) in [6.07, 6.45) is 3.00.